The van der Waals surface area contributed by atoms with E-state index in [0.717, 1.165) is 59.5 Å². The van der Waals surface area contributed by atoms with Gasteiger partial charge in [-0.1, -0.05) is 23.5 Å². The summed E-state index contributed by atoms with van der Waals surface area (Å²) in [4.78, 5) is 29.9. The lowest BCUT2D eigenvalue weighted by Gasteiger charge is -2.26. The van der Waals surface area contributed by atoms with Crippen molar-refractivity contribution in [1.29, 1.82) is 0 Å². The zero-order valence-corrected chi connectivity index (χ0v) is 21.4. The molecule has 2 heterocycles. The number of hydrogen-bond donors (Lipinski definition) is 2. The normalized spacial score (nSPS) is 13.8. The third-order valence-corrected chi connectivity index (χ3v) is 7.08. The van der Waals surface area contributed by atoms with Crippen LogP contribution in [0.1, 0.15) is 15.9 Å². The number of anilines is 2. The minimum atomic E-state index is -0.496. The molecule has 1 amide bonds. The minimum absolute atomic E-state index is 0.0583. The molecule has 1 aliphatic heterocycles. The van der Waals surface area contributed by atoms with Crippen LogP contribution < -0.4 is 15.4 Å². The number of thiazole rings is 1. The van der Waals surface area contributed by atoms with E-state index in [4.69, 9.17) is 9.47 Å². The molecule has 0 bridgehead atoms. The summed E-state index contributed by atoms with van der Waals surface area (Å²) >= 11 is 1.56. The molecular formula is C27H27N5O5S. The molecule has 0 radical (unpaired) electrons. The van der Waals surface area contributed by atoms with Crippen LogP contribution in [0.15, 0.2) is 66.7 Å². The number of ether oxygens (including phenoxy) is 2. The largest absolute Gasteiger partial charge is 0.492 e. The van der Waals surface area contributed by atoms with Gasteiger partial charge in [0.15, 0.2) is 5.13 Å². The molecule has 10 nitrogen and oxygen atoms in total. The number of amides is 1. The molecule has 3 aromatic carbocycles. The van der Waals surface area contributed by atoms with Gasteiger partial charge in [-0.25, -0.2) is 4.98 Å². The fourth-order valence-electron chi connectivity index (χ4n) is 4.06. The van der Waals surface area contributed by atoms with Crippen molar-refractivity contribution < 1.29 is 19.2 Å². The van der Waals surface area contributed by atoms with E-state index in [-0.39, 0.29) is 11.6 Å². The van der Waals surface area contributed by atoms with Crippen LogP contribution >= 0.6 is 11.3 Å². The average Bonchev–Trinajstić information content (AvgIpc) is 3.35. The van der Waals surface area contributed by atoms with Crippen molar-refractivity contribution >= 4 is 44.0 Å². The van der Waals surface area contributed by atoms with Gasteiger partial charge in [0.2, 0.25) is 0 Å². The highest BCUT2D eigenvalue weighted by Crippen LogP contribution is 2.29. The molecule has 4 aromatic rings. The van der Waals surface area contributed by atoms with Gasteiger partial charge in [-0.2, -0.15) is 0 Å². The molecule has 1 fully saturated rings. The summed E-state index contributed by atoms with van der Waals surface area (Å²) in [5.41, 5.74) is 2.80. The van der Waals surface area contributed by atoms with Gasteiger partial charge in [0, 0.05) is 49.6 Å². The lowest BCUT2D eigenvalue weighted by molar-refractivity contribution is -0.384. The molecular weight excluding hydrogens is 506 g/mol. The SMILES string of the molecule is O=C(Nc1cccc(CNc2nc3ccc(OCCN4CCOCC4)cc3s2)c1)c1ccc([N+](=O)[O-])cc1. The van der Waals surface area contributed by atoms with Crippen LogP contribution in [-0.4, -0.2) is 60.2 Å². The maximum Gasteiger partial charge on any atom is 0.269 e. The van der Waals surface area contributed by atoms with Gasteiger partial charge in [0.25, 0.3) is 11.6 Å². The molecule has 0 atom stereocenters. The third-order valence-electron chi connectivity index (χ3n) is 6.11. The van der Waals surface area contributed by atoms with Crippen molar-refractivity contribution in [2.24, 2.45) is 0 Å². The summed E-state index contributed by atoms with van der Waals surface area (Å²) in [6, 6.07) is 18.9. The van der Waals surface area contributed by atoms with Crippen LogP contribution in [0, 0.1) is 10.1 Å². The smallest absolute Gasteiger partial charge is 0.269 e. The average molecular weight is 534 g/mol. The van der Waals surface area contributed by atoms with Crippen LogP contribution in [0.5, 0.6) is 5.75 Å². The number of nitro groups is 1. The number of morpholine rings is 1. The second kappa shape index (κ2) is 12.0. The van der Waals surface area contributed by atoms with Crippen LogP contribution in [0.2, 0.25) is 0 Å². The quantitative estimate of drug-likeness (QED) is 0.221. The first kappa shape index (κ1) is 25.6. The summed E-state index contributed by atoms with van der Waals surface area (Å²) in [6.45, 7) is 5.50. The Morgan fingerprint density at radius 3 is 2.71 bits per heavy atom. The number of rotatable bonds is 10. The Morgan fingerprint density at radius 1 is 1.11 bits per heavy atom. The lowest BCUT2D eigenvalue weighted by Crippen LogP contribution is -2.38. The number of non-ortho nitro benzene ring substituents is 1. The summed E-state index contributed by atoms with van der Waals surface area (Å²) in [5, 5.41) is 17.8. The first-order valence-corrected chi connectivity index (χ1v) is 13.1. The molecule has 38 heavy (non-hydrogen) atoms. The Morgan fingerprint density at radius 2 is 1.92 bits per heavy atom. The number of hydrogen-bond acceptors (Lipinski definition) is 9. The van der Waals surface area contributed by atoms with Crippen molar-refractivity contribution in [3.63, 3.8) is 0 Å². The highest BCUT2D eigenvalue weighted by molar-refractivity contribution is 7.22. The second-order valence-electron chi connectivity index (χ2n) is 8.76. The predicted molar refractivity (Wildman–Crippen MR) is 147 cm³/mol. The summed E-state index contributed by atoms with van der Waals surface area (Å²) in [5.74, 6) is 0.497. The second-order valence-corrected chi connectivity index (χ2v) is 9.79. The van der Waals surface area contributed by atoms with E-state index in [1.165, 1.54) is 24.3 Å². The maximum atomic E-state index is 12.5. The van der Waals surface area contributed by atoms with Crippen molar-refractivity contribution in [2.45, 2.75) is 6.54 Å². The van der Waals surface area contributed by atoms with Crippen molar-refractivity contribution in [3.8, 4) is 5.75 Å². The van der Waals surface area contributed by atoms with Gasteiger partial charge in [-0.3, -0.25) is 19.8 Å². The zero-order chi connectivity index (χ0) is 26.3. The molecule has 0 saturated carbocycles. The van der Waals surface area contributed by atoms with Gasteiger partial charge < -0.3 is 20.1 Å². The van der Waals surface area contributed by atoms with Crippen molar-refractivity contribution in [3.05, 3.63) is 88.0 Å². The van der Waals surface area contributed by atoms with Gasteiger partial charge in [-0.05, 0) is 48.0 Å². The molecule has 0 aliphatic carbocycles. The lowest BCUT2D eigenvalue weighted by atomic mass is 10.1. The van der Waals surface area contributed by atoms with E-state index in [0.29, 0.717) is 24.4 Å². The molecule has 0 unspecified atom stereocenters. The number of nitro benzene ring substituents is 1. The van der Waals surface area contributed by atoms with E-state index in [1.807, 2.05) is 36.4 Å². The Labute approximate surface area is 223 Å². The van der Waals surface area contributed by atoms with Gasteiger partial charge in [0.05, 0.1) is 28.4 Å². The maximum absolute atomic E-state index is 12.5. The van der Waals surface area contributed by atoms with E-state index < -0.39 is 4.92 Å². The molecule has 1 aliphatic rings. The first-order chi connectivity index (χ1) is 18.5. The number of fused-ring (bicyclic) bond motifs is 1. The Kier molecular flexibility index (Phi) is 8.07. The predicted octanol–water partition coefficient (Wildman–Crippen LogP) is 4.78. The fourth-order valence-corrected chi connectivity index (χ4v) is 4.95. The zero-order valence-electron chi connectivity index (χ0n) is 20.6. The number of nitrogens with zero attached hydrogens (tertiary/aromatic N) is 3. The molecule has 1 saturated heterocycles. The Bertz CT molecular complexity index is 1420. The first-order valence-electron chi connectivity index (χ1n) is 12.3. The number of benzene rings is 3. The third kappa shape index (κ3) is 6.62. The minimum Gasteiger partial charge on any atom is -0.492 e. The van der Waals surface area contributed by atoms with Gasteiger partial charge in [-0.15, -0.1) is 0 Å². The van der Waals surface area contributed by atoms with Gasteiger partial charge in [0.1, 0.15) is 12.4 Å². The topological polar surface area (TPSA) is 119 Å². The van der Waals surface area contributed by atoms with Crippen molar-refractivity contribution in [2.75, 3.05) is 50.1 Å². The molecule has 2 N–H and O–H groups in total. The number of aromatic nitrogens is 1. The van der Waals surface area contributed by atoms with Crippen molar-refractivity contribution in [1.82, 2.24) is 9.88 Å². The van der Waals surface area contributed by atoms with Crippen LogP contribution in [0.25, 0.3) is 10.2 Å². The molecule has 5 rings (SSSR count). The van der Waals surface area contributed by atoms with Crippen LogP contribution in [0.3, 0.4) is 0 Å². The highest BCUT2D eigenvalue weighted by atomic mass is 32.1. The van der Waals surface area contributed by atoms with E-state index in [9.17, 15) is 14.9 Å². The molecule has 196 valence electrons. The van der Waals surface area contributed by atoms with E-state index in [2.05, 4.69) is 20.5 Å². The molecule has 0 spiro atoms. The number of carbonyl (C=O) groups excluding carboxylic acids is 1. The van der Waals surface area contributed by atoms with Crippen LogP contribution in [0.4, 0.5) is 16.5 Å². The van der Waals surface area contributed by atoms with Crippen LogP contribution in [-0.2, 0) is 11.3 Å². The standard InChI is InChI=1S/C27H27N5O5S/c33-26(20-4-6-22(7-5-20)32(34)35)29-21-3-1-2-19(16-21)18-28-27-30-24-9-8-23(17-25(24)38-27)37-15-12-31-10-13-36-14-11-31/h1-9,16-17H,10-15,18H2,(H,28,30)(H,29,33). The van der Waals surface area contributed by atoms with E-state index >= 15 is 0 Å². The summed E-state index contributed by atoms with van der Waals surface area (Å²) in [6.07, 6.45) is 0. The van der Waals surface area contributed by atoms with E-state index in [1.54, 1.807) is 17.4 Å². The monoisotopic (exact) mass is 533 g/mol. The van der Waals surface area contributed by atoms with Gasteiger partial charge >= 0.3 is 0 Å². The highest BCUT2D eigenvalue weighted by Gasteiger charge is 2.12. The number of carbonyl (C=O) groups is 1. The molecule has 11 heteroatoms. The Hall–Kier alpha value is -4.06. The number of nitrogens with one attached hydrogen (secondary N) is 2. The Balaban J connectivity index is 1.15. The summed E-state index contributed by atoms with van der Waals surface area (Å²) < 4.78 is 12.4. The molecule has 1 aromatic heterocycles. The summed E-state index contributed by atoms with van der Waals surface area (Å²) in [7, 11) is 0. The fraction of sp³-hybridized carbons (Fsp3) is 0.259.